The maximum Gasteiger partial charge on any atom is 0.161 e. The molecular weight excluding hydrogens is 240 g/mol. The molecule has 1 atom stereocenters. The molecule has 0 aliphatic carbocycles. The molecule has 1 aromatic carbocycles. The van der Waals surface area contributed by atoms with Gasteiger partial charge in [0.15, 0.2) is 11.5 Å². The van der Waals surface area contributed by atoms with Gasteiger partial charge >= 0.3 is 0 Å². The van der Waals surface area contributed by atoms with Crippen LogP contribution in [0.3, 0.4) is 0 Å². The molecule has 0 bridgehead atoms. The zero-order valence-corrected chi connectivity index (χ0v) is 11.5. The van der Waals surface area contributed by atoms with Crippen molar-refractivity contribution in [1.29, 1.82) is 0 Å². The summed E-state index contributed by atoms with van der Waals surface area (Å²) >= 11 is 0. The van der Waals surface area contributed by atoms with Crippen LogP contribution in [0.4, 0.5) is 0 Å². The Kier molecular flexibility index (Phi) is 3.37. The van der Waals surface area contributed by atoms with Crippen LogP contribution < -0.4 is 15.2 Å². The lowest BCUT2D eigenvalue weighted by Gasteiger charge is -2.24. The molecule has 2 aliphatic heterocycles. The fourth-order valence-corrected chi connectivity index (χ4v) is 2.98. The fourth-order valence-electron chi connectivity index (χ4n) is 2.98. The van der Waals surface area contributed by atoms with Gasteiger partial charge in [-0.1, -0.05) is 6.07 Å². The number of benzene rings is 1. The van der Waals surface area contributed by atoms with Crippen molar-refractivity contribution in [3.8, 4) is 11.5 Å². The van der Waals surface area contributed by atoms with E-state index in [0.29, 0.717) is 0 Å². The van der Waals surface area contributed by atoms with Gasteiger partial charge < -0.3 is 20.1 Å². The molecular formula is C15H22N2O2. The van der Waals surface area contributed by atoms with E-state index in [2.05, 4.69) is 24.1 Å². The number of fused-ring (bicyclic) bond motifs is 1. The van der Waals surface area contributed by atoms with E-state index < -0.39 is 0 Å². The van der Waals surface area contributed by atoms with E-state index in [1.807, 2.05) is 6.07 Å². The maximum absolute atomic E-state index is 6.47. The molecule has 1 aromatic rings. The van der Waals surface area contributed by atoms with Gasteiger partial charge in [0.1, 0.15) is 0 Å². The predicted octanol–water partition coefficient (Wildman–Crippen LogP) is 1.42. The summed E-state index contributed by atoms with van der Waals surface area (Å²) in [5, 5.41) is 0. The monoisotopic (exact) mass is 262 g/mol. The van der Waals surface area contributed by atoms with Crippen LogP contribution >= 0.6 is 0 Å². The van der Waals surface area contributed by atoms with Crippen molar-refractivity contribution in [2.75, 3.05) is 33.4 Å². The van der Waals surface area contributed by atoms with Crippen LogP contribution in [0.5, 0.6) is 11.5 Å². The third kappa shape index (κ3) is 2.85. The topological polar surface area (TPSA) is 47.7 Å². The van der Waals surface area contributed by atoms with Crippen molar-refractivity contribution in [3.63, 3.8) is 0 Å². The standard InChI is InChI=1S/C15H22N2O2/c1-17-6-5-15(16,11-17)10-12-3-4-13-14(9-12)19-8-2-7-18-13/h3-4,9H,2,5-8,10-11,16H2,1H3. The first-order valence-electron chi connectivity index (χ1n) is 7.01. The molecule has 4 heteroatoms. The number of likely N-dealkylation sites (N-methyl/N-ethyl adjacent to an activating group) is 1. The minimum absolute atomic E-state index is 0.103. The highest BCUT2D eigenvalue weighted by molar-refractivity contribution is 5.43. The molecule has 0 aromatic heterocycles. The van der Waals surface area contributed by atoms with Crippen molar-refractivity contribution in [1.82, 2.24) is 4.90 Å². The molecule has 4 nitrogen and oxygen atoms in total. The van der Waals surface area contributed by atoms with E-state index in [9.17, 15) is 0 Å². The van der Waals surface area contributed by atoms with Crippen LogP contribution in [-0.2, 0) is 6.42 Å². The van der Waals surface area contributed by atoms with E-state index in [0.717, 1.165) is 57.1 Å². The zero-order valence-electron chi connectivity index (χ0n) is 11.5. The van der Waals surface area contributed by atoms with Crippen LogP contribution in [0.25, 0.3) is 0 Å². The number of likely N-dealkylation sites (tertiary alicyclic amines) is 1. The Labute approximate surface area is 114 Å². The molecule has 0 spiro atoms. The van der Waals surface area contributed by atoms with Gasteiger partial charge in [0.2, 0.25) is 0 Å². The van der Waals surface area contributed by atoms with Gasteiger partial charge in [-0.05, 0) is 44.1 Å². The molecule has 2 heterocycles. The second-order valence-corrected chi connectivity index (χ2v) is 5.86. The quantitative estimate of drug-likeness (QED) is 0.876. The van der Waals surface area contributed by atoms with Gasteiger partial charge in [-0.15, -0.1) is 0 Å². The lowest BCUT2D eigenvalue weighted by Crippen LogP contribution is -2.44. The van der Waals surface area contributed by atoms with E-state index in [4.69, 9.17) is 15.2 Å². The van der Waals surface area contributed by atoms with Gasteiger partial charge in [-0.2, -0.15) is 0 Å². The molecule has 104 valence electrons. The highest BCUT2D eigenvalue weighted by Crippen LogP contribution is 2.32. The second kappa shape index (κ2) is 5.02. The molecule has 0 radical (unpaired) electrons. The van der Waals surface area contributed by atoms with Crippen molar-refractivity contribution >= 4 is 0 Å². The molecule has 2 aliphatic rings. The summed E-state index contributed by atoms with van der Waals surface area (Å²) in [6.45, 7) is 3.51. The van der Waals surface area contributed by atoms with Crippen LogP contribution in [0, 0.1) is 0 Å². The third-order valence-corrected chi connectivity index (χ3v) is 3.94. The summed E-state index contributed by atoms with van der Waals surface area (Å²) in [4.78, 5) is 2.29. The van der Waals surface area contributed by atoms with E-state index in [1.165, 1.54) is 5.56 Å². The third-order valence-electron chi connectivity index (χ3n) is 3.94. The summed E-state index contributed by atoms with van der Waals surface area (Å²) in [6.07, 6.45) is 2.89. The Morgan fingerprint density at radius 3 is 2.79 bits per heavy atom. The summed E-state index contributed by atoms with van der Waals surface area (Å²) in [7, 11) is 2.13. The van der Waals surface area contributed by atoms with E-state index in [-0.39, 0.29) is 5.54 Å². The highest BCUT2D eigenvalue weighted by Gasteiger charge is 2.32. The smallest absolute Gasteiger partial charge is 0.161 e. The van der Waals surface area contributed by atoms with Crippen molar-refractivity contribution in [2.45, 2.75) is 24.8 Å². The number of rotatable bonds is 2. The van der Waals surface area contributed by atoms with Crippen LogP contribution in [-0.4, -0.2) is 43.8 Å². The number of nitrogens with two attached hydrogens (primary N) is 1. The Hall–Kier alpha value is -1.26. The van der Waals surface area contributed by atoms with Gasteiger partial charge in [0.25, 0.3) is 0 Å². The first kappa shape index (κ1) is 12.8. The van der Waals surface area contributed by atoms with Gasteiger partial charge in [-0.3, -0.25) is 0 Å². The minimum atomic E-state index is -0.103. The first-order chi connectivity index (χ1) is 9.15. The van der Waals surface area contributed by atoms with Crippen molar-refractivity contribution in [3.05, 3.63) is 23.8 Å². The highest BCUT2D eigenvalue weighted by atomic mass is 16.5. The molecule has 19 heavy (non-hydrogen) atoms. The second-order valence-electron chi connectivity index (χ2n) is 5.86. The lowest BCUT2D eigenvalue weighted by atomic mass is 9.91. The molecule has 3 rings (SSSR count). The molecule has 2 N–H and O–H groups in total. The fraction of sp³-hybridized carbons (Fsp3) is 0.600. The van der Waals surface area contributed by atoms with Crippen LogP contribution in [0.2, 0.25) is 0 Å². The number of nitrogens with zero attached hydrogens (tertiary/aromatic N) is 1. The van der Waals surface area contributed by atoms with Crippen molar-refractivity contribution < 1.29 is 9.47 Å². The molecule has 0 saturated carbocycles. The molecule has 1 saturated heterocycles. The Morgan fingerprint density at radius 1 is 1.26 bits per heavy atom. The van der Waals surface area contributed by atoms with E-state index in [1.54, 1.807) is 0 Å². The Balaban J connectivity index is 1.77. The first-order valence-corrected chi connectivity index (χ1v) is 7.01. The Bertz CT molecular complexity index is 463. The summed E-state index contributed by atoms with van der Waals surface area (Å²) in [5.74, 6) is 1.72. The minimum Gasteiger partial charge on any atom is -0.490 e. The van der Waals surface area contributed by atoms with E-state index >= 15 is 0 Å². The lowest BCUT2D eigenvalue weighted by molar-refractivity contribution is 0.297. The molecule has 1 unspecified atom stereocenters. The number of hydrogen-bond acceptors (Lipinski definition) is 4. The largest absolute Gasteiger partial charge is 0.490 e. The predicted molar refractivity (Wildman–Crippen MR) is 74.8 cm³/mol. The number of hydrogen-bond donors (Lipinski definition) is 1. The van der Waals surface area contributed by atoms with Gasteiger partial charge in [-0.25, -0.2) is 0 Å². The van der Waals surface area contributed by atoms with Crippen molar-refractivity contribution in [2.24, 2.45) is 5.73 Å². The summed E-state index contributed by atoms with van der Waals surface area (Å²) in [6, 6.07) is 6.21. The number of ether oxygens (including phenoxy) is 2. The average Bonchev–Trinajstić information content (AvgIpc) is 2.60. The zero-order chi connectivity index (χ0) is 13.3. The SMILES string of the molecule is CN1CCC(N)(Cc2ccc3c(c2)OCCCO3)C1. The summed E-state index contributed by atoms with van der Waals surface area (Å²) < 4.78 is 11.4. The molecule has 1 fully saturated rings. The van der Waals surface area contributed by atoms with Gasteiger partial charge in [0.05, 0.1) is 13.2 Å². The maximum atomic E-state index is 6.47. The normalized spacial score (nSPS) is 27.3. The summed E-state index contributed by atoms with van der Waals surface area (Å²) in [5.41, 5.74) is 7.61. The van der Waals surface area contributed by atoms with Crippen LogP contribution in [0.15, 0.2) is 18.2 Å². The average molecular weight is 262 g/mol. The molecule has 0 amide bonds. The van der Waals surface area contributed by atoms with Gasteiger partial charge in [0, 0.05) is 18.5 Å². The van der Waals surface area contributed by atoms with Crippen LogP contribution in [0.1, 0.15) is 18.4 Å². The Morgan fingerprint density at radius 2 is 2.05 bits per heavy atom.